The summed E-state index contributed by atoms with van der Waals surface area (Å²) in [5.41, 5.74) is 3.08. The van der Waals surface area contributed by atoms with Gasteiger partial charge in [-0.2, -0.15) is 4.31 Å². The second-order valence-corrected chi connectivity index (χ2v) is 11.2. The quantitative estimate of drug-likeness (QED) is 0.561. The van der Waals surface area contributed by atoms with Crippen LogP contribution in [0.5, 0.6) is 0 Å². The number of carbonyl (C=O) groups is 1. The van der Waals surface area contributed by atoms with Crippen LogP contribution in [-0.4, -0.2) is 41.3 Å². The van der Waals surface area contributed by atoms with E-state index >= 15 is 0 Å². The van der Waals surface area contributed by atoms with Crippen molar-refractivity contribution in [3.05, 3.63) is 82.7 Å². The maximum absolute atomic E-state index is 13.9. The molecule has 1 aliphatic rings. The summed E-state index contributed by atoms with van der Waals surface area (Å²) in [5, 5.41) is 3.03. The zero-order valence-electron chi connectivity index (χ0n) is 20.5. The number of imidazole rings is 1. The summed E-state index contributed by atoms with van der Waals surface area (Å²) in [6, 6.07) is 9.25. The van der Waals surface area contributed by atoms with Crippen LogP contribution in [0.1, 0.15) is 47.0 Å². The van der Waals surface area contributed by atoms with E-state index in [9.17, 15) is 17.6 Å². The van der Waals surface area contributed by atoms with Crippen LogP contribution in [0.15, 0.2) is 53.7 Å². The van der Waals surface area contributed by atoms with Gasteiger partial charge < -0.3 is 9.88 Å². The maximum atomic E-state index is 13.9. The molecule has 1 fully saturated rings. The molecule has 1 N–H and O–H groups in total. The summed E-state index contributed by atoms with van der Waals surface area (Å²) in [5.74, 6) is -0.342. The van der Waals surface area contributed by atoms with Crippen molar-refractivity contribution in [1.82, 2.24) is 19.2 Å². The zero-order chi connectivity index (χ0) is 25.3. The van der Waals surface area contributed by atoms with E-state index in [1.807, 2.05) is 40.0 Å². The predicted octanol–water partition coefficient (Wildman–Crippen LogP) is 3.79. The van der Waals surface area contributed by atoms with Gasteiger partial charge in [-0.05, 0) is 62.4 Å². The van der Waals surface area contributed by atoms with Crippen LogP contribution in [0.25, 0.3) is 0 Å². The van der Waals surface area contributed by atoms with Gasteiger partial charge in [0.25, 0.3) is 0 Å². The summed E-state index contributed by atoms with van der Waals surface area (Å²) in [4.78, 5) is 17.9. The minimum atomic E-state index is -3.65. The van der Waals surface area contributed by atoms with Gasteiger partial charge in [-0.1, -0.05) is 29.8 Å². The van der Waals surface area contributed by atoms with Gasteiger partial charge in [0.15, 0.2) is 0 Å². The van der Waals surface area contributed by atoms with Crippen molar-refractivity contribution in [2.24, 2.45) is 13.0 Å². The van der Waals surface area contributed by atoms with Crippen molar-refractivity contribution in [2.45, 2.75) is 44.6 Å². The molecule has 186 valence electrons. The number of hydrogen-bond acceptors (Lipinski definition) is 4. The van der Waals surface area contributed by atoms with Gasteiger partial charge in [-0.25, -0.2) is 17.8 Å². The van der Waals surface area contributed by atoms with Crippen LogP contribution in [-0.2, 0) is 21.9 Å². The molecule has 1 aromatic heterocycles. The molecule has 0 saturated carbocycles. The summed E-state index contributed by atoms with van der Waals surface area (Å²) < 4.78 is 44.0. The number of nitrogens with one attached hydrogen (secondary N) is 1. The molecule has 2 aromatic carbocycles. The molecule has 0 aliphatic carbocycles. The summed E-state index contributed by atoms with van der Waals surface area (Å²) in [7, 11) is -1.84. The first-order chi connectivity index (χ1) is 16.6. The molecule has 7 nitrogen and oxygen atoms in total. The molecule has 2 heterocycles. The third-order valence-electron chi connectivity index (χ3n) is 6.61. The number of halogens is 1. The van der Waals surface area contributed by atoms with E-state index in [-0.39, 0.29) is 24.9 Å². The molecule has 1 aliphatic heterocycles. The molecule has 4 rings (SSSR count). The lowest BCUT2D eigenvalue weighted by molar-refractivity contribution is -0.126. The number of hydrogen-bond donors (Lipinski definition) is 1. The van der Waals surface area contributed by atoms with Crippen LogP contribution in [0.4, 0.5) is 4.39 Å². The maximum Gasteiger partial charge on any atom is 0.243 e. The predicted molar refractivity (Wildman–Crippen MR) is 132 cm³/mol. The Morgan fingerprint density at radius 3 is 2.34 bits per heavy atom. The molecule has 35 heavy (non-hydrogen) atoms. The largest absolute Gasteiger partial charge is 0.342 e. The highest BCUT2D eigenvalue weighted by molar-refractivity contribution is 7.89. The molecule has 1 saturated heterocycles. The van der Waals surface area contributed by atoms with E-state index in [1.54, 1.807) is 29.1 Å². The number of aromatic nitrogens is 2. The number of nitrogens with zero attached hydrogens (tertiary/aromatic N) is 3. The van der Waals surface area contributed by atoms with E-state index < -0.39 is 21.9 Å². The number of amides is 1. The van der Waals surface area contributed by atoms with Crippen LogP contribution in [0.3, 0.4) is 0 Å². The lowest BCUT2D eigenvalue weighted by Crippen LogP contribution is -2.44. The van der Waals surface area contributed by atoms with E-state index in [0.29, 0.717) is 29.1 Å². The SMILES string of the molecule is Cc1cc(C)c(S(=O)(=O)N2CCC(C(=O)NC(c3cccc(F)c3)c3nccn3C)CC2)c(C)c1. The van der Waals surface area contributed by atoms with Gasteiger partial charge in [-0.3, -0.25) is 4.79 Å². The molecule has 1 unspecified atom stereocenters. The first-order valence-electron chi connectivity index (χ1n) is 11.7. The first-order valence-corrected chi connectivity index (χ1v) is 13.1. The van der Waals surface area contributed by atoms with E-state index in [2.05, 4.69) is 10.3 Å². The van der Waals surface area contributed by atoms with Gasteiger partial charge in [-0.15, -0.1) is 0 Å². The second kappa shape index (κ2) is 9.91. The Morgan fingerprint density at radius 2 is 1.77 bits per heavy atom. The smallest absolute Gasteiger partial charge is 0.243 e. The van der Waals surface area contributed by atoms with E-state index in [4.69, 9.17) is 0 Å². The van der Waals surface area contributed by atoms with Gasteiger partial charge >= 0.3 is 0 Å². The molecular formula is C26H31FN4O3S. The van der Waals surface area contributed by atoms with Crippen molar-refractivity contribution in [1.29, 1.82) is 0 Å². The molecule has 1 amide bonds. The van der Waals surface area contributed by atoms with E-state index in [0.717, 1.165) is 16.7 Å². The van der Waals surface area contributed by atoms with Crippen molar-refractivity contribution in [3.8, 4) is 0 Å². The minimum absolute atomic E-state index is 0.193. The summed E-state index contributed by atoms with van der Waals surface area (Å²) in [6.07, 6.45) is 4.22. The summed E-state index contributed by atoms with van der Waals surface area (Å²) >= 11 is 0. The molecule has 0 bridgehead atoms. The Kier molecular flexibility index (Phi) is 7.10. The average Bonchev–Trinajstić information content (AvgIpc) is 3.22. The van der Waals surface area contributed by atoms with Crippen molar-refractivity contribution in [2.75, 3.05) is 13.1 Å². The van der Waals surface area contributed by atoms with Crippen molar-refractivity contribution in [3.63, 3.8) is 0 Å². The van der Waals surface area contributed by atoms with Crippen LogP contribution < -0.4 is 5.32 Å². The van der Waals surface area contributed by atoms with Crippen molar-refractivity contribution >= 4 is 15.9 Å². The standard InChI is InChI=1S/C26H31FN4O3S/c1-17-14-18(2)24(19(3)15-17)35(33,34)31-11-8-20(9-12-31)26(32)29-23(25-28-10-13-30(25)4)21-6-5-7-22(27)16-21/h5-7,10,13-16,20,23H,8-9,11-12H2,1-4H3,(H,29,32). The summed E-state index contributed by atoms with van der Waals surface area (Å²) in [6.45, 7) is 6.11. The number of piperidine rings is 1. The molecular weight excluding hydrogens is 467 g/mol. The lowest BCUT2D eigenvalue weighted by atomic mass is 9.96. The lowest BCUT2D eigenvalue weighted by Gasteiger charge is -2.32. The van der Waals surface area contributed by atoms with Crippen LogP contribution in [0.2, 0.25) is 0 Å². The number of carbonyl (C=O) groups excluding carboxylic acids is 1. The third kappa shape index (κ3) is 5.16. The third-order valence-corrected chi connectivity index (χ3v) is 8.82. The molecule has 1 atom stereocenters. The average molecular weight is 499 g/mol. The van der Waals surface area contributed by atoms with Crippen LogP contribution >= 0.6 is 0 Å². The van der Waals surface area contributed by atoms with Gasteiger partial charge in [0, 0.05) is 38.4 Å². The van der Waals surface area contributed by atoms with Crippen molar-refractivity contribution < 1.29 is 17.6 Å². The van der Waals surface area contributed by atoms with Gasteiger partial charge in [0.1, 0.15) is 17.7 Å². The fourth-order valence-corrected chi connectivity index (χ4v) is 6.84. The second-order valence-electron chi connectivity index (χ2n) is 9.30. The highest BCUT2D eigenvalue weighted by Gasteiger charge is 2.35. The monoisotopic (exact) mass is 498 g/mol. The molecule has 0 radical (unpaired) electrons. The fraction of sp³-hybridized carbons (Fsp3) is 0.385. The Hall–Kier alpha value is -3.04. The topological polar surface area (TPSA) is 84.3 Å². The van der Waals surface area contributed by atoms with Crippen LogP contribution in [0, 0.1) is 32.5 Å². The zero-order valence-corrected chi connectivity index (χ0v) is 21.3. The fourth-order valence-electron chi connectivity index (χ4n) is 4.96. The Bertz CT molecular complexity index is 1320. The number of benzene rings is 2. The molecule has 0 spiro atoms. The number of rotatable bonds is 6. The Labute approximate surface area is 206 Å². The molecule has 3 aromatic rings. The first kappa shape index (κ1) is 25.1. The van der Waals surface area contributed by atoms with Gasteiger partial charge in [0.2, 0.25) is 15.9 Å². The Morgan fingerprint density at radius 1 is 1.11 bits per heavy atom. The number of aryl methyl sites for hydroxylation is 4. The normalized spacial score (nSPS) is 16.3. The Balaban J connectivity index is 1.49. The van der Waals surface area contributed by atoms with Gasteiger partial charge in [0.05, 0.1) is 4.90 Å². The highest BCUT2D eigenvalue weighted by Crippen LogP contribution is 2.30. The molecule has 9 heteroatoms. The highest BCUT2D eigenvalue weighted by atomic mass is 32.2. The number of sulfonamides is 1. The minimum Gasteiger partial charge on any atom is -0.342 e. The van der Waals surface area contributed by atoms with E-state index in [1.165, 1.54) is 16.4 Å².